The first-order valence-electron chi connectivity index (χ1n) is 5.33. The lowest BCUT2D eigenvalue weighted by Crippen LogP contribution is -2.07. The van der Waals surface area contributed by atoms with Crippen molar-refractivity contribution in [1.29, 1.82) is 0 Å². The Hall–Kier alpha value is -1.31. The average molecular weight is 206 g/mol. The van der Waals surface area contributed by atoms with Crippen molar-refractivity contribution in [3.63, 3.8) is 0 Å². The van der Waals surface area contributed by atoms with Gasteiger partial charge in [-0.1, -0.05) is 31.5 Å². The van der Waals surface area contributed by atoms with Gasteiger partial charge in [-0.05, 0) is 31.4 Å². The van der Waals surface area contributed by atoms with E-state index in [0.717, 1.165) is 12.0 Å². The number of carbonyl (C=O) groups excluding carboxylic acids is 1. The van der Waals surface area contributed by atoms with Gasteiger partial charge in [0.05, 0.1) is 12.2 Å². The van der Waals surface area contributed by atoms with Gasteiger partial charge in [-0.3, -0.25) is 0 Å². The van der Waals surface area contributed by atoms with Crippen molar-refractivity contribution >= 4 is 5.97 Å². The Kier molecular flexibility index (Phi) is 4.35. The summed E-state index contributed by atoms with van der Waals surface area (Å²) in [6.07, 6.45) is 0.914. The Morgan fingerprint density at radius 3 is 2.40 bits per heavy atom. The lowest BCUT2D eigenvalue weighted by Gasteiger charge is -2.06. The number of aryl methyl sites for hydroxylation is 1. The van der Waals surface area contributed by atoms with E-state index in [1.54, 1.807) is 12.1 Å². The van der Waals surface area contributed by atoms with E-state index >= 15 is 0 Å². The van der Waals surface area contributed by atoms with Crippen LogP contribution in [0, 0.1) is 12.8 Å². The Bertz CT molecular complexity index is 312. The maximum absolute atomic E-state index is 11.5. The molecule has 0 spiro atoms. The fourth-order valence-corrected chi connectivity index (χ4v) is 1.16. The summed E-state index contributed by atoms with van der Waals surface area (Å²) < 4.78 is 5.14. The molecule has 0 amide bonds. The van der Waals surface area contributed by atoms with Crippen LogP contribution < -0.4 is 0 Å². The molecule has 0 fully saturated rings. The lowest BCUT2D eigenvalue weighted by molar-refractivity contribution is 0.0488. The monoisotopic (exact) mass is 206 g/mol. The van der Waals surface area contributed by atoms with Crippen LogP contribution in [0.5, 0.6) is 0 Å². The van der Waals surface area contributed by atoms with Gasteiger partial charge in [0.2, 0.25) is 0 Å². The van der Waals surface area contributed by atoms with E-state index in [0.29, 0.717) is 18.1 Å². The summed E-state index contributed by atoms with van der Waals surface area (Å²) in [7, 11) is 0. The summed E-state index contributed by atoms with van der Waals surface area (Å²) in [5, 5.41) is 0. The SMILES string of the molecule is Cc1ccc(C(=O)OCCC(C)C)cc1. The van der Waals surface area contributed by atoms with Crippen LogP contribution in [0.25, 0.3) is 0 Å². The van der Waals surface area contributed by atoms with Crippen molar-refractivity contribution < 1.29 is 9.53 Å². The highest BCUT2D eigenvalue weighted by molar-refractivity contribution is 5.89. The van der Waals surface area contributed by atoms with Crippen molar-refractivity contribution in [2.45, 2.75) is 27.2 Å². The molecule has 0 aromatic heterocycles. The summed E-state index contributed by atoms with van der Waals surface area (Å²) in [6, 6.07) is 7.43. The smallest absolute Gasteiger partial charge is 0.338 e. The summed E-state index contributed by atoms with van der Waals surface area (Å²) >= 11 is 0. The Balaban J connectivity index is 2.43. The second kappa shape index (κ2) is 5.54. The minimum atomic E-state index is -0.226. The fraction of sp³-hybridized carbons (Fsp3) is 0.462. The standard InChI is InChI=1S/C13H18O2/c1-10(2)8-9-15-13(14)12-6-4-11(3)5-7-12/h4-7,10H,8-9H2,1-3H3. The number of carbonyl (C=O) groups is 1. The summed E-state index contributed by atoms with van der Waals surface area (Å²) in [5.41, 5.74) is 1.78. The van der Waals surface area contributed by atoms with E-state index in [4.69, 9.17) is 4.74 Å². The molecule has 82 valence electrons. The first-order valence-corrected chi connectivity index (χ1v) is 5.33. The van der Waals surface area contributed by atoms with E-state index in [2.05, 4.69) is 13.8 Å². The minimum Gasteiger partial charge on any atom is -0.462 e. The Labute approximate surface area is 91.3 Å². The third-order valence-electron chi connectivity index (χ3n) is 2.22. The van der Waals surface area contributed by atoms with Crippen LogP contribution in [0.2, 0.25) is 0 Å². The summed E-state index contributed by atoms with van der Waals surface area (Å²) in [4.78, 5) is 11.5. The maximum atomic E-state index is 11.5. The molecular weight excluding hydrogens is 188 g/mol. The predicted molar refractivity (Wildman–Crippen MR) is 60.9 cm³/mol. The molecule has 1 aromatic rings. The van der Waals surface area contributed by atoms with Crippen molar-refractivity contribution in [3.05, 3.63) is 35.4 Å². The number of rotatable bonds is 4. The van der Waals surface area contributed by atoms with E-state index in [-0.39, 0.29) is 5.97 Å². The highest BCUT2D eigenvalue weighted by Crippen LogP contribution is 2.06. The molecule has 0 radical (unpaired) electrons. The van der Waals surface area contributed by atoms with Gasteiger partial charge in [-0.15, -0.1) is 0 Å². The molecular formula is C13H18O2. The molecule has 2 heteroatoms. The third kappa shape index (κ3) is 4.15. The molecule has 2 nitrogen and oxygen atoms in total. The second-order valence-corrected chi connectivity index (χ2v) is 4.18. The molecule has 0 aliphatic carbocycles. The number of ether oxygens (including phenoxy) is 1. The van der Waals surface area contributed by atoms with Crippen molar-refractivity contribution in [2.75, 3.05) is 6.61 Å². The molecule has 0 N–H and O–H groups in total. The second-order valence-electron chi connectivity index (χ2n) is 4.18. The molecule has 0 saturated carbocycles. The van der Waals surface area contributed by atoms with Gasteiger partial charge in [0.15, 0.2) is 0 Å². The molecule has 1 aromatic carbocycles. The molecule has 0 unspecified atom stereocenters. The number of esters is 1. The van der Waals surface area contributed by atoms with Gasteiger partial charge in [0.25, 0.3) is 0 Å². The molecule has 0 saturated heterocycles. The van der Waals surface area contributed by atoms with E-state index in [9.17, 15) is 4.79 Å². The minimum absolute atomic E-state index is 0.226. The number of hydrogen-bond acceptors (Lipinski definition) is 2. The molecule has 0 atom stereocenters. The van der Waals surface area contributed by atoms with Crippen LogP contribution in [0.3, 0.4) is 0 Å². The zero-order valence-corrected chi connectivity index (χ0v) is 9.62. The normalized spacial score (nSPS) is 10.4. The maximum Gasteiger partial charge on any atom is 0.338 e. The van der Waals surface area contributed by atoms with Gasteiger partial charge in [0.1, 0.15) is 0 Å². The van der Waals surface area contributed by atoms with Gasteiger partial charge in [-0.25, -0.2) is 4.79 Å². The van der Waals surface area contributed by atoms with Gasteiger partial charge in [0, 0.05) is 0 Å². The number of benzene rings is 1. The van der Waals surface area contributed by atoms with Gasteiger partial charge < -0.3 is 4.74 Å². The van der Waals surface area contributed by atoms with Crippen LogP contribution in [-0.4, -0.2) is 12.6 Å². The Morgan fingerprint density at radius 1 is 1.27 bits per heavy atom. The first-order chi connectivity index (χ1) is 7.09. The summed E-state index contributed by atoms with van der Waals surface area (Å²) in [5.74, 6) is 0.339. The van der Waals surface area contributed by atoms with Crippen LogP contribution in [0.1, 0.15) is 36.2 Å². The quantitative estimate of drug-likeness (QED) is 0.707. The summed E-state index contributed by atoms with van der Waals surface area (Å²) in [6.45, 7) is 6.72. The lowest BCUT2D eigenvalue weighted by atomic mass is 10.1. The van der Waals surface area contributed by atoms with Crippen molar-refractivity contribution in [3.8, 4) is 0 Å². The highest BCUT2D eigenvalue weighted by atomic mass is 16.5. The Morgan fingerprint density at radius 2 is 1.87 bits per heavy atom. The average Bonchev–Trinajstić information content (AvgIpc) is 2.18. The zero-order valence-electron chi connectivity index (χ0n) is 9.62. The van der Waals surface area contributed by atoms with Gasteiger partial charge >= 0.3 is 5.97 Å². The van der Waals surface area contributed by atoms with Gasteiger partial charge in [-0.2, -0.15) is 0 Å². The van der Waals surface area contributed by atoms with Crippen LogP contribution >= 0.6 is 0 Å². The first kappa shape index (κ1) is 11.8. The molecule has 1 rings (SSSR count). The highest BCUT2D eigenvalue weighted by Gasteiger charge is 2.06. The predicted octanol–water partition coefficient (Wildman–Crippen LogP) is 3.20. The van der Waals surface area contributed by atoms with E-state index < -0.39 is 0 Å². The van der Waals surface area contributed by atoms with E-state index in [1.165, 1.54) is 0 Å². The molecule has 15 heavy (non-hydrogen) atoms. The molecule has 0 aliphatic heterocycles. The van der Waals surface area contributed by atoms with Crippen LogP contribution in [0.15, 0.2) is 24.3 Å². The largest absolute Gasteiger partial charge is 0.462 e. The molecule has 0 aliphatic rings. The van der Waals surface area contributed by atoms with Crippen molar-refractivity contribution in [1.82, 2.24) is 0 Å². The molecule has 0 bridgehead atoms. The zero-order chi connectivity index (χ0) is 11.3. The third-order valence-corrected chi connectivity index (χ3v) is 2.22. The van der Waals surface area contributed by atoms with E-state index in [1.807, 2.05) is 19.1 Å². The van der Waals surface area contributed by atoms with Crippen LogP contribution in [-0.2, 0) is 4.74 Å². The van der Waals surface area contributed by atoms with Crippen LogP contribution in [0.4, 0.5) is 0 Å². The number of hydrogen-bond donors (Lipinski definition) is 0. The van der Waals surface area contributed by atoms with Crippen molar-refractivity contribution in [2.24, 2.45) is 5.92 Å². The fourth-order valence-electron chi connectivity index (χ4n) is 1.16. The molecule has 0 heterocycles. The topological polar surface area (TPSA) is 26.3 Å².